The maximum atomic E-state index is 13.1. The van der Waals surface area contributed by atoms with Crippen LogP contribution in [0.3, 0.4) is 0 Å². The SMILES string of the molecule is CCc1cccc(CC)c1NCc1ccc(F)cc1C. The van der Waals surface area contributed by atoms with Crippen LogP contribution in [0.4, 0.5) is 10.1 Å². The van der Waals surface area contributed by atoms with Crippen LogP contribution < -0.4 is 5.32 Å². The third-order valence-electron chi connectivity index (χ3n) is 3.76. The Morgan fingerprint density at radius 1 is 0.950 bits per heavy atom. The van der Waals surface area contributed by atoms with Crippen molar-refractivity contribution in [3.8, 4) is 0 Å². The number of rotatable bonds is 5. The molecule has 0 aliphatic rings. The van der Waals surface area contributed by atoms with Crippen LogP contribution >= 0.6 is 0 Å². The maximum absolute atomic E-state index is 13.1. The summed E-state index contributed by atoms with van der Waals surface area (Å²) in [6.45, 7) is 7.02. The fourth-order valence-electron chi connectivity index (χ4n) is 2.51. The first-order valence-electron chi connectivity index (χ1n) is 7.25. The molecule has 0 fully saturated rings. The average molecular weight is 271 g/mol. The predicted molar refractivity (Wildman–Crippen MR) is 83.7 cm³/mol. The molecule has 1 nitrogen and oxygen atoms in total. The number of nitrogens with one attached hydrogen (secondary N) is 1. The van der Waals surface area contributed by atoms with Gasteiger partial charge in [-0.1, -0.05) is 38.1 Å². The van der Waals surface area contributed by atoms with E-state index in [4.69, 9.17) is 0 Å². The second kappa shape index (κ2) is 6.56. The predicted octanol–water partition coefficient (Wildman–Crippen LogP) is 4.87. The molecule has 0 aliphatic carbocycles. The second-order valence-corrected chi connectivity index (χ2v) is 5.08. The van der Waals surface area contributed by atoms with Gasteiger partial charge in [0, 0.05) is 12.2 Å². The van der Waals surface area contributed by atoms with Crippen LogP contribution in [0.25, 0.3) is 0 Å². The first kappa shape index (κ1) is 14.6. The minimum atomic E-state index is -0.172. The van der Waals surface area contributed by atoms with E-state index in [2.05, 4.69) is 37.4 Å². The zero-order chi connectivity index (χ0) is 14.5. The lowest BCUT2D eigenvalue weighted by Crippen LogP contribution is -2.06. The van der Waals surface area contributed by atoms with E-state index in [1.54, 1.807) is 6.07 Å². The van der Waals surface area contributed by atoms with Crippen molar-refractivity contribution in [1.29, 1.82) is 0 Å². The third-order valence-corrected chi connectivity index (χ3v) is 3.76. The largest absolute Gasteiger partial charge is 0.381 e. The molecule has 1 N–H and O–H groups in total. The Kier molecular flexibility index (Phi) is 4.78. The molecule has 0 amide bonds. The molecule has 2 heteroatoms. The highest BCUT2D eigenvalue weighted by atomic mass is 19.1. The summed E-state index contributed by atoms with van der Waals surface area (Å²) in [5.41, 5.74) is 6.04. The Morgan fingerprint density at radius 3 is 2.15 bits per heavy atom. The zero-order valence-electron chi connectivity index (χ0n) is 12.5. The van der Waals surface area contributed by atoms with Gasteiger partial charge < -0.3 is 5.32 Å². The van der Waals surface area contributed by atoms with Crippen molar-refractivity contribution in [1.82, 2.24) is 0 Å². The molecule has 0 saturated carbocycles. The van der Waals surface area contributed by atoms with Gasteiger partial charge in [-0.3, -0.25) is 0 Å². The summed E-state index contributed by atoms with van der Waals surface area (Å²) in [5, 5.41) is 3.54. The van der Waals surface area contributed by atoms with Crippen LogP contribution in [0, 0.1) is 12.7 Å². The van der Waals surface area contributed by atoms with Crippen molar-refractivity contribution in [2.24, 2.45) is 0 Å². The minimum absolute atomic E-state index is 0.172. The monoisotopic (exact) mass is 271 g/mol. The number of halogens is 1. The van der Waals surface area contributed by atoms with Gasteiger partial charge in [-0.2, -0.15) is 0 Å². The lowest BCUT2D eigenvalue weighted by molar-refractivity contribution is 0.625. The van der Waals surface area contributed by atoms with Gasteiger partial charge in [-0.15, -0.1) is 0 Å². The lowest BCUT2D eigenvalue weighted by atomic mass is 10.0. The van der Waals surface area contributed by atoms with Crippen LogP contribution in [0.5, 0.6) is 0 Å². The highest BCUT2D eigenvalue weighted by molar-refractivity contribution is 5.58. The van der Waals surface area contributed by atoms with E-state index in [-0.39, 0.29) is 5.82 Å². The first-order valence-corrected chi connectivity index (χ1v) is 7.25. The molecule has 0 aliphatic heterocycles. The van der Waals surface area contributed by atoms with Gasteiger partial charge in [0.05, 0.1) is 0 Å². The molecule has 0 unspecified atom stereocenters. The quantitative estimate of drug-likeness (QED) is 0.818. The van der Waals surface area contributed by atoms with Crippen molar-refractivity contribution < 1.29 is 4.39 Å². The summed E-state index contributed by atoms with van der Waals surface area (Å²) in [4.78, 5) is 0. The molecule has 0 radical (unpaired) electrons. The van der Waals surface area contributed by atoms with E-state index >= 15 is 0 Å². The summed E-state index contributed by atoms with van der Waals surface area (Å²) in [6, 6.07) is 11.4. The number of aryl methyl sites for hydroxylation is 3. The zero-order valence-corrected chi connectivity index (χ0v) is 12.5. The van der Waals surface area contributed by atoms with Gasteiger partial charge in [0.15, 0.2) is 0 Å². The molecule has 0 atom stereocenters. The minimum Gasteiger partial charge on any atom is -0.381 e. The molecular formula is C18H22FN. The number of benzene rings is 2. The Balaban J connectivity index is 2.22. The molecule has 0 aromatic heterocycles. The van der Waals surface area contributed by atoms with Crippen molar-refractivity contribution >= 4 is 5.69 Å². The van der Waals surface area contributed by atoms with Gasteiger partial charge in [-0.25, -0.2) is 4.39 Å². The molecule has 20 heavy (non-hydrogen) atoms. The summed E-state index contributed by atoms with van der Waals surface area (Å²) in [7, 11) is 0. The van der Waals surface area contributed by atoms with Crippen molar-refractivity contribution in [2.75, 3.05) is 5.32 Å². The van der Waals surface area contributed by atoms with Gasteiger partial charge in [0.1, 0.15) is 5.82 Å². The average Bonchev–Trinajstić information content (AvgIpc) is 2.46. The topological polar surface area (TPSA) is 12.0 Å². The fraction of sp³-hybridized carbons (Fsp3) is 0.333. The summed E-state index contributed by atoms with van der Waals surface area (Å²) in [6.07, 6.45) is 2.02. The third kappa shape index (κ3) is 3.19. The number of anilines is 1. The molecule has 2 aromatic rings. The van der Waals surface area contributed by atoms with E-state index in [0.717, 1.165) is 30.5 Å². The van der Waals surface area contributed by atoms with Crippen LogP contribution in [0.1, 0.15) is 36.1 Å². The fourth-order valence-corrected chi connectivity index (χ4v) is 2.51. The van der Waals surface area contributed by atoms with Gasteiger partial charge in [0.25, 0.3) is 0 Å². The smallest absolute Gasteiger partial charge is 0.123 e. The van der Waals surface area contributed by atoms with E-state index in [0.29, 0.717) is 0 Å². The van der Waals surface area contributed by atoms with E-state index in [9.17, 15) is 4.39 Å². The van der Waals surface area contributed by atoms with E-state index < -0.39 is 0 Å². The summed E-state index contributed by atoms with van der Waals surface area (Å²) < 4.78 is 13.1. The van der Waals surface area contributed by atoms with Crippen molar-refractivity contribution in [3.05, 3.63) is 64.5 Å². The normalized spacial score (nSPS) is 10.6. The molecule has 0 spiro atoms. The van der Waals surface area contributed by atoms with Crippen LogP contribution in [-0.2, 0) is 19.4 Å². The van der Waals surface area contributed by atoms with Gasteiger partial charge in [-0.05, 0) is 54.2 Å². The number of hydrogen-bond acceptors (Lipinski definition) is 1. The number of para-hydroxylation sites is 1. The Morgan fingerprint density at radius 2 is 1.60 bits per heavy atom. The molecule has 106 valence electrons. The van der Waals surface area contributed by atoms with Crippen LogP contribution in [0.2, 0.25) is 0 Å². The van der Waals surface area contributed by atoms with Crippen molar-refractivity contribution in [2.45, 2.75) is 40.2 Å². The van der Waals surface area contributed by atoms with Crippen LogP contribution in [0.15, 0.2) is 36.4 Å². The van der Waals surface area contributed by atoms with Crippen LogP contribution in [-0.4, -0.2) is 0 Å². The van der Waals surface area contributed by atoms with E-state index in [1.165, 1.54) is 22.9 Å². The maximum Gasteiger partial charge on any atom is 0.123 e. The Labute approximate surface area is 120 Å². The Bertz CT molecular complexity index is 568. The molecule has 2 aromatic carbocycles. The molecule has 0 heterocycles. The standard InChI is InChI=1S/C18H22FN/c1-4-14-7-6-8-15(5-2)18(14)20-12-16-9-10-17(19)11-13(16)3/h6-11,20H,4-5,12H2,1-3H3. The van der Waals surface area contributed by atoms with E-state index in [1.807, 2.05) is 13.0 Å². The van der Waals surface area contributed by atoms with Gasteiger partial charge >= 0.3 is 0 Å². The molecule has 0 saturated heterocycles. The lowest BCUT2D eigenvalue weighted by Gasteiger charge is -2.16. The van der Waals surface area contributed by atoms with Gasteiger partial charge in [0.2, 0.25) is 0 Å². The highest BCUT2D eigenvalue weighted by Gasteiger charge is 2.07. The molecule has 0 bridgehead atoms. The van der Waals surface area contributed by atoms with Crippen molar-refractivity contribution in [3.63, 3.8) is 0 Å². The first-order chi connectivity index (χ1) is 9.65. The Hall–Kier alpha value is -1.83. The molecule has 2 rings (SSSR count). The number of hydrogen-bond donors (Lipinski definition) is 1. The highest BCUT2D eigenvalue weighted by Crippen LogP contribution is 2.23. The molecular weight excluding hydrogens is 249 g/mol. The summed E-state index contributed by atoms with van der Waals surface area (Å²) >= 11 is 0. The summed E-state index contributed by atoms with van der Waals surface area (Å²) in [5.74, 6) is -0.172. The second-order valence-electron chi connectivity index (χ2n) is 5.08.